The molecule has 3 aromatic rings. The average molecular weight is 433 g/mol. The highest BCUT2D eigenvalue weighted by Crippen LogP contribution is 2.25. The van der Waals surface area contributed by atoms with E-state index in [2.05, 4.69) is 20.8 Å². The Hall–Kier alpha value is -2.41. The predicted octanol–water partition coefficient (Wildman–Crippen LogP) is 6.16. The summed E-state index contributed by atoms with van der Waals surface area (Å²) in [7, 11) is 0. The molecule has 0 aliphatic heterocycles. The molecule has 5 nitrogen and oxygen atoms in total. The van der Waals surface area contributed by atoms with Crippen molar-refractivity contribution < 1.29 is 4.79 Å². The van der Waals surface area contributed by atoms with E-state index in [4.69, 9.17) is 23.2 Å². The van der Waals surface area contributed by atoms with Gasteiger partial charge in [0.2, 0.25) is 5.13 Å². The van der Waals surface area contributed by atoms with Crippen molar-refractivity contribution >= 4 is 57.0 Å². The van der Waals surface area contributed by atoms with Gasteiger partial charge in [-0.3, -0.25) is 10.2 Å². The number of benzene rings is 2. The van der Waals surface area contributed by atoms with Gasteiger partial charge in [0.1, 0.15) is 4.88 Å². The van der Waals surface area contributed by atoms with Crippen LogP contribution in [0.4, 0.5) is 10.8 Å². The highest BCUT2D eigenvalue weighted by atomic mass is 35.5. The second kappa shape index (κ2) is 8.73. The molecule has 0 fully saturated rings. The topological polar surface area (TPSA) is 66.4 Å². The minimum atomic E-state index is -0.197. The van der Waals surface area contributed by atoms with Crippen molar-refractivity contribution in [2.45, 2.75) is 20.8 Å². The molecule has 28 heavy (non-hydrogen) atoms. The van der Waals surface area contributed by atoms with Crippen molar-refractivity contribution in [3.05, 3.63) is 74.2 Å². The number of thiazole rings is 1. The van der Waals surface area contributed by atoms with E-state index in [1.54, 1.807) is 19.1 Å². The number of carbonyl (C=O) groups excluding carboxylic acids is 1. The van der Waals surface area contributed by atoms with Gasteiger partial charge in [-0.15, -0.1) is 0 Å². The fourth-order valence-electron chi connectivity index (χ4n) is 2.40. The molecule has 1 heterocycles. The summed E-state index contributed by atoms with van der Waals surface area (Å²) in [6.07, 6.45) is 0. The van der Waals surface area contributed by atoms with Gasteiger partial charge in [0.15, 0.2) is 0 Å². The van der Waals surface area contributed by atoms with Gasteiger partial charge in [-0.05, 0) is 50.6 Å². The molecule has 0 unspecified atom stereocenters. The monoisotopic (exact) mass is 432 g/mol. The number of hydrazone groups is 1. The maximum absolute atomic E-state index is 12.5. The SMILES string of the molecule is C/C(=N\Nc1nc(C)c(C(=O)Nc2ccc(C)cc2)s1)c1ccc(Cl)c(Cl)c1. The Morgan fingerprint density at radius 2 is 1.79 bits per heavy atom. The van der Waals surface area contributed by atoms with Crippen molar-refractivity contribution in [1.29, 1.82) is 0 Å². The maximum Gasteiger partial charge on any atom is 0.267 e. The zero-order valence-corrected chi connectivity index (χ0v) is 17.8. The molecule has 3 rings (SSSR count). The molecule has 144 valence electrons. The molecule has 1 aromatic heterocycles. The molecular formula is C20H18Cl2N4OS. The summed E-state index contributed by atoms with van der Waals surface area (Å²) in [5.41, 5.74) is 6.98. The lowest BCUT2D eigenvalue weighted by Crippen LogP contribution is -2.11. The first-order valence-corrected chi connectivity index (χ1v) is 10.0. The average Bonchev–Trinajstić information content (AvgIpc) is 3.04. The summed E-state index contributed by atoms with van der Waals surface area (Å²) in [5, 5.41) is 8.70. The van der Waals surface area contributed by atoms with Crippen molar-refractivity contribution in [2.75, 3.05) is 10.7 Å². The van der Waals surface area contributed by atoms with Gasteiger partial charge in [0.05, 0.1) is 21.5 Å². The summed E-state index contributed by atoms with van der Waals surface area (Å²) in [5.74, 6) is -0.197. The molecule has 0 saturated carbocycles. The van der Waals surface area contributed by atoms with Crippen LogP contribution in [-0.2, 0) is 0 Å². The molecule has 1 amide bonds. The summed E-state index contributed by atoms with van der Waals surface area (Å²) in [6, 6.07) is 12.9. The number of aryl methyl sites for hydroxylation is 2. The molecule has 2 N–H and O–H groups in total. The van der Waals surface area contributed by atoms with Gasteiger partial charge in [-0.1, -0.05) is 58.3 Å². The Kier molecular flexibility index (Phi) is 6.34. The van der Waals surface area contributed by atoms with E-state index in [0.29, 0.717) is 25.7 Å². The molecular weight excluding hydrogens is 415 g/mol. The number of anilines is 2. The van der Waals surface area contributed by atoms with Crippen molar-refractivity contribution in [3.8, 4) is 0 Å². The van der Waals surface area contributed by atoms with Crippen LogP contribution >= 0.6 is 34.5 Å². The van der Waals surface area contributed by atoms with Gasteiger partial charge in [0.25, 0.3) is 5.91 Å². The number of rotatable bonds is 5. The quantitative estimate of drug-likeness (QED) is 0.374. The first-order chi connectivity index (χ1) is 13.3. The Bertz CT molecular complexity index is 1040. The van der Waals surface area contributed by atoms with Crippen LogP contribution in [0, 0.1) is 13.8 Å². The zero-order valence-electron chi connectivity index (χ0n) is 15.5. The molecule has 0 saturated heterocycles. The van der Waals surface area contributed by atoms with Crippen molar-refractivity contribution in [3.63, 3.8) is 0 Å². The smallest absolute Gasteiger partial charge is 0.267 e. The molecule has 0 spiro atoms. The van der Waals surface area contributed by atoms with Crippen LogP contribution in [0.2, 0.25) is 10.0 Å². The van der Waals surface area contributed by atoms with E-state index in [9.17, 15) is 4.79 Å². The molecule has 0 aliphatic rings. The molecule has 0 bridgehead atoms. The van der Waals surface area contributed by atoms with Crippen molar-refractivity contribution in [1.82, 2.24) is 4.98 Å². The molecule has 0 atom stereocenters. The van der Waals surface area contributed by atoms with Crippen LogP contribution in [0.3, 0.4) is 0 Å². The number of aromatic nitrogens is 1. The fraction of sp³-hybridized carbons (Fsp3) is 0.150. The van der Waals surface area contributed by atoms with E-state index in [0.717, 1.165) is 22.5 Å². The second-order valence-corrected chi connectivity index (χ2v) is 8.01. The fourth-order valence-corrected chi connectivity index (χ4v) is 3.50. The number of hydrogen-bond donors (Lipinski definition) is 2. The number of nitrogens with zero attached hydrogens (tertiary/aromatic N) is 2. The van der Waals surface area contributed by atoms with E-state index in [1.165, 1.54) is 11.3 Å². The Morgan fingerprint density at radius 3 is 2.46 bits per heavy atom. The molecule has 2 aromatic carbocycles. The van der Waals surface area contributed by atoms with Crippen LogP contribution in [-0.4, -0.2) is 16.6 Å². The zero-order chi connectivity index (χ0) is 20.3. The van der Waals surface area contributed by atoms with Crippen LogP contribution in [0.15, 0.2) is 47.6 Å². The number of amides is 1. The number of halogens is 2. The predicted molar refractivity (Wildman–Crippen MR) is 118 cm³/mol. The summed E-state index contributed by atoms with van der Waals surface area (Å²) in [4.78, 5) is 17.4. The minimum absolute atomic E-state index is 0.197. The number of carbonyl (C=O) groups is 1. The molecule has 0 aliphatic carbocycles. The number of hydrogen-bond acceptors (Lipinski definition) is 5. The first kappa shape index (κ1) is 20.3. The maximum atomic E-state index is 12.5. The van der Waals surface area contributed by atoms with E-state index in [-0.39, 0.29) is 5.91 Å². The van der Waals surface area contributed by atoms with E-state index < -0.39 is 0 Å². The third-order valence-corrected chi connectivity index (χ3v) is 5.77. The lowest BCUT2D eigenvalue weighted by Gasteiger charge is -2.04. The standard InChI is InChI=1S/C20H18Cl2N4OS/c1-11-4-7-15(8-5-11)24-19(27)18-13(3)23-20(28-18)26-25-12(2)14-6-9-16(21)17(22)10-14/h4-10H,1-3H3,(H,23,26)(H,24,27)/b25-12+. The first-order valence-electron chi connectivity index (χ1n) is 8.44. The van der Waals surface area contributed by atoms with Gasteiger partial charge in [-0.2, -0.15) is 5.10 Å². The number of nitrogens with one attached hydrogen (secondary N) is 2. The molecule has 8 heteroatoms. The Morgan fingerprint density at radius 1 is 1.07 bits per heavy atom. The van der Waals surface area contributed by atoms with Crippen LogP contribution in [0.5, 0.6) is 0 Å². The third kappa shape index (κ3) is 4.90. The Balaban J connectivity index is 1.71. The normalized spacial score (nSPS) is 11.4. The van der Waals surface area contributed by atoms with Crippen molar-refractivity contribution in [2.24, 2.45) is 5.10 Å². The highest BCUT2D eigenvalue weighted by molar-refractivity contribution is 7.17. The second-order valence-electron chi connectivity index (χ2n) is 6.19. The van der Waals surface area contributed by atoms with Gasteiger partial charge >= 0.3 is 0 Å². The highest BCUT2D eigenvalue weighted by Gasteiger charge is 2.15. The third-order valence-electron chi connectivity index (χ3n) is 3.97. The largest absolute Gasteiger partial charge is 0.321 e. The lowest BCUT2D eigenvalue weighted by molar-refractivity contribution is 0.103. The van der Waals surface area contributed by atoms with Gasteiger partial charge < -0.3 is 5.32 Å². The summed E-state index contributed by atoms with van der Waals surface area (Å²) in [6.45, 7) is 5.64. The van der Waals surface area contributed by atoms with E-state index in [1.807, 2.05) is 44.2 Å². The minimum Gasteiger partial charge on any atom is -0.321 e. The Labute approximate surface area is 177 Å². The lowest BCUT2D eigenvalue weighted by atomic mass is 10.1. The van der Waals surface area contributed by atoms with Crippen LogP contribution in [0.1, 0.15) is 33.4 Å². The summed E-state index contributed by atoms with van der Waals surface area (Å²) >= 11 is 13.2. The summed E-state index contributed by atoms with van der Waals surface area (Å²) < 4.78 is 0. The molecule has 0 radical (unpaired) electrons. The van der Waals surface area contributed by atoms with Gasteiger partial charge in [-0.25, -0.2) is 4.98 Å². The van der Waals surface area contributed by atoms with Crippen LogP contribution < -0.4 is 10.7 Å². The van der Waals surface area contributed by atoms with E-state index >= 15 is 0 Å². The van der Waals surface area contributed by atoms with Gasteiger partial charge in [0, 0.05) is 5.69 Å². The van der Waals surface area contributed by atoms with Crippen LogP contribution in [0.25, 0.3) is 0 Å².